The van der Waals surface area contributed by atoms with Crippen molar-refractivity contribution in [2.75, 3.05) is 0 Å². The standard InChI is InChI=1S/C17H24N2O3/c1-10(14-9-12-5-6-13(14)8-12)18-16(20)11(2)19-17(21)15-4-3-7-22-15/h3-4,7,10-14H,5-6,8-9H2,1-2H3,(H,18,20)(H,19,21). The first-order chi connectivity index (χ1) is 10.5. The molecule has 0 radical (unpaired) electrons. The van der Waals surface area contributed by atoms with Crippen molar-refractivity contribution < 1.29 is 14.0 Å². The zero-order chi connectivity index (χ0) is 15.7. The molecule has 5 unspecified atom stereocenters. The van der Waals surface area contributed by atoms with Crippen LogP contribution < -0.4 is 10.6 Å². The lowest BCUT2D eigenvalue weighted by atomic mass is 9.84. The number of furan rings is 1. The van der Waals surface area contributed by atoms with Gasteiger partial charge in [-0.2, -0.15) is 0 Å². The maximum atomic E-state index is 12.3. The molecule has 1 aromatic rings. The molecule has 22 heavy (non-hydrogen) atoms. The third kappa shape index (κ3) is 3.03. The number of fused-ring (bicyclic) bond motifs is 2. The molecule has 0 saturated heterocycles. The zero-order valence-electron chi connectivity index (χ0n) is 13.2. The van der Waals surface area contributed by atoms with Gasteiger partial charge < -0.3 is 15.1 Å². The molecule has 5 nitrogen and oxygen atoms in total. The smallest absolute Gasteiger partial charge is 0.287 e. The molecule has 0 aromatic carbocycles. The first-order valence-corrected chi connectivity index (χ1v) is 8.19. The monoisotopic (exact) mass is 304 g/mol. The molecular formula is C17H24N2O3. The van der Waals surface area contributed by atoms with Gasteiger partial charge in [0.25, 0.3) is 5.91 Å². The molecule has 2 saturated carbocycles. The summed E-state index contributed by atoms with van der Waals surface area (Å²) in [4.78, 5) is 24.1. The van der Waals surface area contributed by atoms with Gasteiger partial charge in [0, 0.05) is 6.04 Å². The summed E-state index contributed by atoms with van der Waals surface area (Å²) in [6, 6.07) is 2.83. The molecule has 0 aliphatic heterocycles. The van der Waals surface area contributed by atoms with E-state index in [1.165, 1.54) is 31.9 Å². The Morgan fingerprint density at radius 3 is 2.64 bits per heavy atom. The molecule has 5 heteroatoms. The summed E-state index contributed by atoms with van der Waals surface area (Å²) in [7, 11) is 0. The van der Waals surface area contributed by atoms with Gasteiger partial charge in [0.1, 0.15) is 6.04 Å². The van der Waals surface area contributed by atoms with E-state index >= 15 is 0 Å². The predicted octanol–water partition coefficient (Wildman–Crippen LogP) is 2.34. The third-order valence-electron chi connectivity index (χ3n) is 5.29. The van der Waals surface area contributed by atoms with Gasteiger partial charge in [-0.25, -0.2) is 0 Å². The molecule has 5 atom stereocenters. The number of rotatable bonds is 5. The molecule has 120 valence electrons. The molecule has 2 N–H and O–H groups in total. The van der Waals surface area contributed by atoms with Crippen LogP contribution in [0.4, 0.5) is 0 Å². The van der Waals surface area contributed by atoms with Gasteiger partial charge in [-0.3, -0.25) is 9.59 Å². The zero-order valence-corrected chi connectivity index (χ0v) is 13.2. The van der Waals surface area contributed by atoms with Crippen molar-refractivity contribution in [1.82, 2.24) is 10.6 Å². The van der Waals surface area contributed by atoms with E-state index in [1.807, 2.05) is 0 Å². The Bertz CT molecular complexity index is 540. The topological polar surface area (TPSA) is 71.3 Å². The van der Waals surface area contributed by atoms with Gasteiger partial charge in [0.05, 0.1) is 6.26 Å². The minimum atomic E-state index is -0.571. The van der Waals surface area contributed by atoms with Crippen LogP contribution in [0.1, 0.15) is 50.1 Å². The predicted molar refractivity (Wildman–Crippen MR) is 82.2 cm³/mol. The van der Waals surface area contributed by atoms with E-state index in [0.29, 0.717) is 5.92 Å². The average Bonchev–Trinajstić information content (AvgIpc) is 3.23. The van der Waals surface area contributed by atoms with Crippen LogP contribution in [0.5, 0.6) is 0 Å². The molecular weight excluding hydrogens is 280 g/mol. The van der Waals surface area contributed by atoms with Crippen molar-refractivity contribution >= 4 is 11.8 Å². The van der Waals surface area contributed by atoms with E-state index in [0.717, 1.165) is 11.8 Å². The molecule has 3 rings (SSSR count). The van der Waals surface area contributed by atoms with Crippen molar-refractivity contribution in [3.8, 4) is 0 Å². The number of carbonyl (C=O) groups is 2. The normalized spacial score (nSPS) is 29.1. The molecule has 2 aliphatic rings. The summed E-state index contributed by atoms with van der Waals surface area (Å²) < 4.78 is 5.03. The lowest BCUT2D eigenvalue weighted by Gasteiger charge is -2.29. The van der Waals surface area contributed by atoms with Crippen molar-refractivity contribution in [2.24, 2.45) is 17.8 Å². The molecule has 0 spiro atoms. The summed E-state index contributed by atoms with van der Waals surface area (Å²) >= 11 is 0. The lowest BCUT2D eigenvalue weighted by molar-refractivity contribution is -0.123. The molecule has 2 aliphatic carbocycles. The quantitative estimate of drug-likeness (QED) is 0.877. The highest BCUT2D eigenvalue weighted by molar-refractivity contribution is 5.95. The summed E-state index contributed by atoms with van der Waals surface area (Å²) in [5, 5.41) is 5.74. The average molecular weight is 304 g/mol. The van der Waals surface area contributed by atoms with E-state index in [-0.39, 0.29) is 23.6 Å². The van der Waals surface area contributed by atoms with Gasteiger partial charge in [0.15, 0.2) is 5.76 Å². The summed E-state index contributed by atoms with van der Waals surface area (Å²) in [6.45, 7) is 3.79. The summed E-state index contributed by atoms with van der Waals surface area (Å²) in [5.41, 5.74) is 0. The highest BCUT2D eigenvalue weighted by Gasteiger charge is 2.42. The first-order valence-electron chi connectivity index (χ1n) is 8.19. The van der Waals surface area contributed by atoms with Gasteiger partial charge in [-0.05, 0) is 63.0 Å². The lowest BCUT2D eigenvalue weighted by Crippen LogP contribution is -2.49. The second-order valence-corrected chi connectivity index (χ2v) is 6.81. The Hall–Kier alpha value is -1.78. The number of hydrogen-bond donors (Lipinski definition) is 2. The van der Waals surface area contributed by atoms with Gasteiger partial charge in [-0.1, -0.05) is 6.42 Å². The Kier molecular flexibility index (Phi) is 4.23. The van der Waals surface area contributed by atoms with Crippen molar-refractivity contribution in [1.29, 1.82) is 0 Å². The van der Waals surface area contributed by atoms with E-state index in [1.54, 1.807) is 19.1 Å². The summed E-state index contributed by atoms with van der Waals surface area (Å²) in [6.07, 6.45) is 6.67. The molecule has 2 fully saturated rings. The fraction of sp³-hybridized carbons (Fsp3) is 0.647. The van der Waals surface area contributed by atoms with Crippen molar-refractivity contribution in [2.45, 2.75) is 51.6 Å². The number of carbonyl (C=O) groups excluding carboxylic acids is 2. The molecule has 2 amide bonds. The maximum absolute atomic E-state index is 12.3. The van der Waals surface area contributed by atoms with E-state index in [4.69, 9.17) is 4.42 Å². The van der Waals surface area contributed by atoms with Crippen molar-refractivity contribution in [3.63, 3.8) is 0 Å². The minimum absolute atomic E-state index is 0.129. The highest BCUT2D eigenvalue weighted by atomic mass is 16.3. The largest absolute Gasteiger partial charge is 0.459 e. The van der Waals surface area contributed by atoms with E-state index in [9.17, 15) is 9.59 Å². The third-order valence-corrected chi connectivity index (χ3v) is 5.29. The Morgan fingerprint density at radius 2 is 2.05 bits per heavy atom. The molecule has 2 bridgehead atoms. The second kappa shape index (κ2) is 6.15. The summed E-state index contributed by atoms with van der Waals surface area (Å²) in [5.74, 6) is 1.96. The fourth-order valence-electron chi connectivity index (χ4n) is 4.10. The Labute approximate surface area is 130 Å². The van der Waals surface area contributed by atoms with Crippen LogP contribution in [-0.2, 0) is 4.79 Å². The van der Waals surface area contributed by atoms with Crippen molar-refractivity contribution in [3.05, 3.63) is 24.2 Å². The van der Waals surface area contributed by atoms with Gasteiger partial charge in [-0.15, -0.1) is 0 Å². The highest BCUT2D eigenvalue weighted by Crippen LogP contribution is 2.49. The van der Waals surface area contributed by atoms with Crippen LogP contribution in [0, 0.1) is 17.8 Å². The van der Waals surface area contributed by atoms with Gasteiger partial charge >= 0.3 is 0 Å². The molecule has 1 heterocycles. The SMILES string of the molecule is CC(NC(=O)c1ccco1)C(=O)NC(C)C1CC2CCC1C2. The fourth-order valence-corrected chi connectivity index (χ4v) is 4.10. The Balaban J connectivity index is 1.49. The number of nitrogens with one attached hydrogen (secondary N) is 2. The van der Waals surface area contributed by atoms with Crippen LogP contribution in [0.25, 0.3) is 0 Å². The van der Waals surface area contributed by atoms with Crippen LogP contribution in [-0.4, -0.2) is 23.9 Å². The minimum Gasteiger partial charge on any atom is -0.459 e. The number of amides is 2. The van der Waals surface area contributed by atoms with E-state index < -0.39 is 6.04 Å². The van der Waals surface area contributed by atoms with Crippen LogP contribution in [0.15, 0.2) is 22.8 Å². The Morgan fingerprint density at radius 1 is 1.23 bits per heavy atom. The maximum Gasteiger partial charge on any atom is 0.287 e. The van der Waals surface area contributed by atoms with Crippen LogP contribution in [0.2, 0.25) is 0 Å². The second-order valence-electron chi connectivity index (χ2n) is 6.81. The van der Waals surface area contributed by atoms with Gasteiger partial charge in [0.2, 0.25) is 5.91 Å². The van der Waals surface area contributed by atoms with E-state index in [2.05, 4.69) is 17.6 Å². The number of hydrogen-bond acceptors (Lipinski definition) is 3. The molecule has 1 aromatic heterocycles. The van der Waals surface area contributed by atoms with Crippen LogP contribution in [0.3, 0.4) is 0 Å². The first kappa shape index (κ1) is 15.1. The van der Waals surface area contributed by atoms with Crippen LogP contribution >= 0.6 is 0 Å².